The molecule has 2 aliphatic rings. The number of rotatable bonds is 4. The molecule has 0 unspecified atom stereocenters. The Morgan fingerprint density at radius 2 is 1.04 bits per heavy atom. The van der Waals surface area contributed by atoms with Gasteiger partial charge in [-0.25, -0.2) is 0 Å². The lowest BCUT2D eigenvalue weighted by molar-refractivity contribution is -0.131. The summed E-state index contributed by atoms with van der Waals surface area (Å²) in [6, 6.07) is 0. The molecule has 2 heterocycles. The van der Waals surface area contributed by atoms with Crippen LogP contribution in [-0.4, -0.2) is 83.8 Å². The lowest BCUT2D eigenvalue weighted by Gasteiger charge is -2.33. The molecule has 7 heteroatoms. The van der Waals surface area contributed by atoms with E-state index in [4.69, 9.17) is 0 Å². The fraction of sp³-hybridized carbons (Fsp3) is 0.625. The maximum Gasteiger partial charge on any atom is 0.219 e. The monoisotopic (exact) mass is 338 g/mol. The zero-order valence-electron chi connectivity index (χ0n) is 14.0. The van der Waals surface area contributed by atoms with Crippen LogP contribution in [0.25, 0.3) is 0 Å². The molecule has 0 aromatic carbocycles. The Bertz CT molecular complexity index is 423. The van der Waals surface area contributed by atoms with Gasteiger partial charge < -0.3 is 19.6 Å². The van der Waals surface area contributed by atoms with Crippen LogP contribution >= 0.6 is 11.8 Å². The molecule has 0 N–H and O–H groups in total. The van der Waals surface area contributed by atoms with Gasteiger partial charge in [0.05, 0.1) is 0 Å². The molecule has 0 aromatic rings. The number of piperazine rings is 2. The molecule has 2 amide bonds. The van der Waals surface area contributed by atoms with E-state index < -0.39 is 0 Å². The van der Waals surface area contributed by atoms with E-state index in [0.717, 1.165) is 52.4 Å². The summed E-state index contributed by atoms with van der Waals surface area (Å²) >= 11 is 1.65. The Morgan fingerprint density at radius 1 is 0.696 bits per heavy atom. The zero-order chi connectivity index (χ0) is 16.7. The standard InChI is InChI=1S/C16H26N4O2S/c1-15(21)19-7-3-17(4-8-19)11-13-23-14-12-18-5-9-20(10-6-18)16(2)22/h11-14H,3-10H2,1-2H3/b13-11+,14-12+. The van der Waals surface area contributed by atoms with E-state index in [1.165, 1.54) is 0 Å². The van der Waals surface area contributed by atoms with Gasteiger partial charge in [-0.1, -0.05) is 0 Å². The predicted molar refractivity (Wildman–Crippen MR) is 93.5 cm³/mol. The van der Waals surface area contributed by atoms with Gasteiger partial charge in [0.15, 0.2) is 0 Å². The van der Waals surface area contributed by atoms with Gasteiger partial charge in [-0.05, 0) is 10.8 Å². The van der Waals surface area contributed by atoms with Gasteiger partial charge in [0.1, 0.15) is 0 Å². The fourth-order valence-corrected chi connectivity index (χ4v) is 3.24. The van der Waals surface area contributed by atoms with Crippen LogP contribution in [0.5, 0.6) is 0 Å². The Kier molecular flexibility index (Phi) is 6.83. The lowest BCUT2D eigenvalue weighted by atomic mass is 10.3. The van der Waals surface area contributed by atoms with Gasteiger partial charge >= 0.3 is 0 Å². The minimum Gasteiger partial charge on any atom is -0.373 e. The summed E-state index contributed by atoms with van der Waals surface area (Å²) in [5.41, 5.74) is 0. The molecule has 2 saturated heterocycles. The number of nitrogens with zero attached hydrogens (tertiary/aromatic N) is 4. The molecular weight excluding hydrogens is 312 g/mol. The topological polar surface area (TPSA) is 47.1 Å². The van der Waals surface area contributed by atoms with Gasteiger partial charge in [-0.3, -0.25) is 9.59 Å². The highest BCUT2D eigenvalue weighted by atomic mass is 32.2. The highest BCUT2D eigenvalue weighted by molar-refractivity contribution is 8.04. The van der Waals surface area contributed by atoms with Crippen molar-refractivity contribution in [2.24, 2.45) is 0 Å². The minimum atomic E-state index is 0.163. The second-order valence-electron chi connectivity index (χ2n) is 5.79. The van der Waals surface area contributed by atoms with E-state index in [1.807, 2.05) is 9.80 Å². The summed E-state index contributed by atoms with van der Waals surface area (Å²) in [5.74, 6) is 0.326. The SMILES string of the molecule is CC(=O)N1CCN(/C=C/S/C=C/N2CCN(C(C)=O)CC2)CC1. The van der Waals surface area contributed by atoms with Gasteiger partial charge in [0.2, 0.25) is 11.8 Å². The molecule has 6 nitrogen and oxygen atoms in total. The van der Waals surface area contributed by atoms with E-state index in [-0.39, 0.29) is 11.8 Å². The molecule has 2 aliphatic heterocycles. The third-order valence-corrected chi connectivity index (χ3v) is 4.78. The Balaban J connectivity index is 1.62. The minimum absolute atomic E-state index is 0.163. The summed E-state index contributed by atoms with van der Waals surface area (Å²) in [5, 5.41) is 4.15. The van der Waals surface area contributed by atoms with Crippen LogP contribution in [0.2, 0.25) is 0 Å². The van der Waals surface area contributed by atoms with Crippen molar-refractivity contribution in [1.29, 1.82) is 0 Å². The molecule has 0 spiro atoms. The fourth-order valence-electron chi connectivity index (χ4n) is 2.66. The van der Waals surface area contributed by atoms with Crippen molar-refractivity contribution >= 4 is 23.6 Å². The maximum atomic E-state index is 11.3. The summed E-state index contributed by atoms with van der Waals surface area (Å²) in [6.07, 6.45) is 4.19. The number of hydrogen-bond acceptors (Lipinski definition) is 5. The first-order valence-electron chi connectivity index (χ1n) is 8.04. The molecule has 0 saturated carbocycles. The van der Waals surface area contributed by atoms with E-state index in [9.17, 15) is 9.59 Å². The van der Waals surface area contributed by atoms with Crippen LogP contribution in [0.3, 0.4) is 0 Å². The molecule has 0 radical (unpaired) electrons. The molecule has 2 fully saturated rings. The van der Waals surface area contributed by atoms with E-state index in [1.54, 1.807) is 25.6 Å². The summed E-state index contributed by atoms with van der Waals surface area (Å²) in [7, 11) is 0. The first kappa shape index (κ1) is 17.7. The first-order valence-corrected chi connectivity index (χ1v) is 8.98. The van der Waals surface area contributed by atoms with Gasteiger partial charge in [0.25, 0.3) is 0 Å². The molecule has 23 heavy (non-hydrogen) atoms. The average Bonchev–Trinajstić information content (AvgIpc) is 2.55. The molecule has 0 atom stereocenters. The number of thioether (sulfide) groups is 1. The first-order chi connectivity index (χ1) is 11.1. The number of amides is 2. The van der Waals surface area contributed by atoms with Crippen molar-refractivity contribution in [2.75, 3.05) is 52.4 Å². The predicted octanol–water partition coefficient (Wildman–Crippen LogP) is 0.990. The van der Waals surface area contributed by atoms with Gasteiger partial charge in [-0.2, -0.15) is 0 Å². The molecule has 0 aliphatic carbocycles. The van der Waals surface area contributed by atoms with Crippen molar-refractivity contribution in [3.63, 3.8) is 0 Å². The van der Waals surface area contributed by atoms with E-state index >= 15 is 0 Å². The molecule has 0 aromatic heterocycles. The largest absolute Gasteiger partial charge is 0.373 e. The lowest BCUT2D eigenvalue weighted by Crippen LogP contribution is -2.45. The molecule has 128 valence electrons. The smallest absolute Gasteiger partial charge is 0.219 e. The number of carbonyl (C=O) groups excluding carboxylic acids is 2. The highest BCUT2D eigenvalue weighted by Gasteiger charge is 2.16. The average molecular weight is 338 g/mol. The van der Waals surface area contributed by atoms with Gasteiger partial charge in [0, 0.05) is 78.6 Å². The van der Waals surface area contributed by atoms with Crippen LogP contribution in [0.1, 0.15) is 13.8 Å². The third kappa shape index (κ3) is 5.82. The maximum absolute atomic E-state index is 11.3. The van der Waals surface area contributed by atoms with E-state index in [2.05, 4.69) is 33.0 Å². The van der Waals surface area contributed by atoms with E-state index in [0.29, 0.717) is 0 Å². The van der Waals surface area contributed by atoms with Crippen LogP contribution in [-0.2, 0) is 9.59 Å². The Labute approximate surface area is 142 Å². The van der Waals surface area contributed by atoms with Crippen molar-refractivity contribution < 1.29 is 9.59 Å². The normalized spacial score (nSPS) is 19.9. The third-order valence-electron chi connectivity index (χ3n) is 4.22. The second-order valence-corrected chi connectivity index (χ2v) is 6.61. The summed E-state index contributed by atoms with van der Waals surface area (Å²) in [6.45, 7) is 10.1. The number of hydrogen-bond donors (Lipinski definition) is 0. The van der Waals surface area contributed by atoms with Crippen LogP contribution in [0.4, 0.5) is 0 Å². The second kappa shape index (κ2) is 8.86. The van der Waals surface area contributed by atoms with Crippen LogP contribution in [0.15, 0.2) is 23.2 Å². The highest BCUT2D eigenvalue weighted by Crippen LogP contribution is 2.10. The van der Waals surface area contributed by atoms with Crippen LogP contribution in [0, 0.1) is 0 Å². The van der Waals surface area contributed by atoms with Crippen molar-refractivity contribution in [3.8, 4) is 0 Å². The van der Waals surface area contributed by atoms with Gasteiger partial charge in [-0.15, -0.1) is 11.8 Å². The van der Waals surface area contributed by atoms with Crippen molar-refractivity contribution in [3.05, 3.63) is 23.2 Å². The summed E-state index contributed by atoms with van der Waals surface area (Å²) in [4.78, 5) is 30.8. The number of carbonyl (C=O) groups is 2. The molecular formula is C16H26N4O2S. The molecule has 2 rings (SSSR count). The molecule has 0 bridgehead atoms. The summed E-state index contributed by atoms with van der Waals surface area (Å²) < 4.78 is 0. The van der Waals surface area contributed by atoms with Crippen molar-refractivity contribution in [1.82, 2.24) is 19.6 Å². The quantitative estimate of drug-likeness (QED) is 0.765. The van der Waals surface area contributed by atoms with Crippen molar-refractivity contribution in [2.45, 2.75) is 13.8 Å². The Hall–Kier alpha value is -1.63. The Morgan fingerprint density at radius 3 is 1.35 bits per heavy atom. The zero-order valence-corrected chi connectivity index (χ0v) is 14.8. The van der Waals surface area contributed by atoms with Crippen LogP contribution < -0.4 is 0 Å².